The number of pyridine rings is 1. The zero-order chi connectivity index (χ0) is 19.6. The average Bonchev–Trinajstić information content (AvgIpc) is 2.69. The topological polar surface area (TPSA) is 62.7 Å². The molecule has 27 heavy (non-hydrogen) atoms. The second kappa shape index (κ2) is 10.6. The molecule has 7 heteroatoms. The monoisotopic (exact) mass is 387 g/mol. The van der Waals surface area contributed by atoms with E-state index in [9.17, 15) is 9.59 Å². The highest BCUT2D eigenvalue weighted by molar-refractivity contribution is 8.14. The number of carbonyl (C=O) groups is 2. The van der Waals surface area contributed by atoms with E-state index in [1.54, 1.807) is 20.3 Å². The zero-order valence-corrected chi connectivity index (χ0v) is 16.7. The van der Waals surface area contributed by atoms with Crippen molar-refractivity contribution in [2.75, 3.05) is 39.2 Å². The molecule has 1 atom stereocenters. The fourth-order valence-corrected chi connectivity index (χ4v) is 3.10. The molecular weight excluding hydrogens is 362 g/mol. The summed E-state index contributed by atoms with van der Waals surface area (Å²) in [6.45, 7) is 1.26. The van der Waals surface area contributed by atoms with E-state index in [2.05, 4.69) is 4.98 Å². The van der Waals surface area contributed by atoms with E-state index in [1.807, 2.05) is 54.4 Å². The van der Waals surface area contributed by atoms with Gasteiger partial charge in [0.15, 0.2) is 0 Å². The van der Waals surface area contributed by atoms with Crippen LogP contribution < -0.4 is 9.64 Å². The third kappa shape index (κ3) is 6.94. The number of likely N-dealkylation sites (N-methyl/N-ethyl adjacent to an activating group) is 1. The Morgan fingerprint density at radius 1 is 1.19 bits per heavy atom. The lowest BCUT2D eigenvalue weighted by Crippen LogP contribution is -2.24. The van der Waals surface area contributed by atoms with Gasteiger partial charge in [-0.1, -0.05) is 30.0 Å². The fraction of sp³-hybridized carbons (Fsp3) is 0.350. The van der Waals surface area contributed by atoms with E-state index in [0.29, 0.717) is 13.0 Å². The summed E-state index contributed by atoms with van der Waals surface area (Å²) in [7, 11) is 5.32. The van der Waals surface area contributed by atoms with Crippen molar-refractivity contribution >= 4 is 29.1 Å². The van der Waals surface area contributed by atoms with E-state index >= 15 is 0 Å². The average molecular weight is 388 g/mol. The second-order valence-electron chi connectivity index (χ2n) is 6.26. The van der Waals surface area contributed by atoms with Crippen LogP contribution in [0.3, 0.4) is 0 Å². The summed E-state index contributed by atoms with van der Waals surface area (Å²) in [5.74, 6) is 1.67. The Bertz CT molecular complexity index is 723. The molecule has 1 aromatic heterocycles. The summed E-state index contributed by atoms with van der Waals surface area (Å²) in [4.78, 5) is 30.8. The van der Waals surface area contributed by atoms with E-state index in [0.717, 1.165) is 41.7 Å². The molecule has 0 spiro atoms. The van der Waals surface area contributed by atoms with Crippen molar-refractivity contribution in [2.24, 2.45) is 0 Å². The SMILES string of the molecule is CN(C)C(=O)SC(C=O)Cc1ccc(OCCN(C)c2ccccn2)cc1. The summed E-state index contributed by atoms with van der Waals surface area (Å²) in [5.41, 5.74) is 0.990. The van der Waals surface area contributed by atoms with Crippen molar-refractivity contribution in [3.05, 3.63) is 54.2 Å². The number of thioether (sulfide) groups is 1. The molecular formula is C20H25N3O3S. The first kappa shape index (κ1) is 20.8. The van der Waals surface area contributed by atoms with E-state index < -0.39 is 5.25 Å². The summed E-state index contributed by atoms with van der Waals surface area (Å²) in [6.07, 6.45) is 3.10. The van der Waals surface area contributed by atoms with Gasteiger partial charge in [-0.3, -0.25) is 4.79 Å². The third-order valence-electron chi connectivity index (χ3n) is 3.87. The van der Waals surface area contributed by atoms with Gasteiger partial charge in [-0.15, -0.1) is 0 Å². The third-order valence-corrected chi connectivity index (χ3v) is 5.01. The van der Waals surface area contributed by atoms with Gasteiger partial charge in [0, 0.05) is 27.3 Å². The van der Waals surface area contributed by atoms with Gasteiger partial charge in [0.1, 0.15) is 24.5 Å². The molecule has 0 radical (unpaired) electrons. The maximum Gasteiger partial charge on any atom is 0.281 e. The number of aldehydes is 1. The maximum absolute atomic E-state index is 11.7. The molecule has 144 valence electrons. The van der Waals surface area contributed by atoms with E-state index in [-0.39, 0.29) is 5.24 Å². The minimum Gasteiger partial charge on any atom is -0.492 e. The number of rotatable bonds is 9. The normalized spacial score (nSPS) is 11.5. The lowest BCUT2D eigenvalue weighted by molar-refractivity contribution is -0.107. The predicted molar refractivity (Wildman–Crippen MR) is 110 cm³/mol. The largest absolute Gasteiger partial charge is 0.492 e. The number of ether oxygens (including phenoxy) is 1. The first-order chi connectivity index (χ1) is 13.0. The van der Waals surface area contributed by atoms with Crippen molar-refractivity contribution in [1.29, 1.82) is 0 Å². The van der Waals surface area contributed by atoms with Gasteiger partial charge in [0.25, 0.3) is 5.24 Å². The Kier molecular flexibility index (Phi) is 8.13. The van der Waals surface area contributed by atoms with Crippen LogP contribution in [-0.2, 0) is 11.2 Å². The molecule has 0 bridgehead atoms. The maximum atomic E-state index is 11.7. The summed E-state index contributed by atoms with van der Waals surface area (Å²) < 4.78 is 5.78. The summed E-state index contributed by atoms with van der Waals surface area (Å²) in [6, 6.07) is 13.4. The number of hydrogen-bond donors (Lipinski definition) is 0. The Morgan fingerprint density at radius 3 is 2.52 bits per heavy atom. The van der Waals surface area contributed by atoms with E-state index in [4.69, 9.17) is 4.74 Å². The Labute approximate surface area is 164 Å². The van der Waals surface area contributed by atoms with Crippen LogP contribution in [0.4, 0.5) is 10.6 Å². The fourth-order valence-electron chi connectivity index (χ4n) is 2.30. The minimum absolute atomic E-state index is 0.121. The highest BCUT2D eigenvalue weighted by Crippen LogP contribution is 2.20. The smallest absolute Gasteiger partial charge is 0.281 e. The number of anilines is 1. The zero-order valence-electron chi connectivity index (χ0n) is 15.9. The lowest BCUT2D eigenvalue weighted by Gasteiger charge is -2.18. The number of carbonyl (C=O) groups excluding carboxylic acids is 2. The van der Waals surface area contributed by atoms with Gasteiger partial charge in [0.2, 0.25) is 0 Å². The Hall–Kier alpha value is -2.54. The number of nitrogens with zero attached hydrogens (tertiary/aromatic N) is 3. The van der Waals surface area contributed by atoms with Gasteiger partial charge < -0.3 is 19.3 Å². The predicted octanol–water partition coefficient (Wildman–Crippen LogP) is 3.12. The molecule has 0 fully saturated rings. The van der Waals surface area contributed by atoms with Gasteiger partial charge in [-0.25, -0.2) is 4.98 Å². The molecule has 2 rings (SSSR count). The molecule has 2 aromatic rings. The summed E-state index contributed by atoms with van der Waals surface area (Å²) in [5, 5.41) is -0.511. The number of amides is 1. The summed E-state index contributed by atoms with van der Waals surface area (Å²) >= 11 is 1.04. The standard InChI is InChI=1S/C20H25N3O3S/c1-22(2)20(25)27-18(15-24)14-16-7-9-17(10-8-16)26-13-12-23(3)19-6-4-5-11-21-19/h4-11,15,18H,12-14H2,1-3H3. The lowest BCUT2D eigenvalue weighted by atomic mass is 10.1. The van der Waals surface area contributed by atoms with Gasteiger partial charge in [0.05, 0.1) is 11.8 Å². The molecule has 0 N–H and O–H groups in total. The molecule has 6 nitrogen and oxygen atoms in total. The molecule has 1 heterocycles. The number of hydrogen-bond acceptors (Lipinski definition) is 6. The van der Waals surface area contributed by atoms with Crippen LogP contribution in [0.1, 0.15) is 5.56 Å². The molecule has 0 aliphatic heterocycles. The van der Waals surface area contributed by atoms with Crippen molar-refractivity contribution in [1.82, 2.24) is 9.88 Å². The van der Waals surface area contributed by atoms with Crippen LogP contribution in [0.5, 0.6) is 5.75 Å². The molecule has 1 aromatic carbocycles. The highest BCUT2D eigenvalue weighted by atomic mass is 32.2. The van der Waals surface area contributed by atoms with E-state index in [1.165, 1.54) is 4.90 Å². The first-order valence-corrected chi connectivity index (χ1v) is 9.54. The van der Waals surface area contributed by atoms with Crippen LogP contribution in [0.15, 0.2) is 48.7 Å². The van der Waals surface area contributed by atoms with Gasteiger partial charge >= 0.3 is 0 Å². The van der Waals surface area contributed by atoms with Crippen molar-refractivity contribution in [3.8, 4) is 5.75 Å². The Morgan fingerprint density at radius 2 is 1.93 bits per heavy atom. The van der Waals surface area contributed by atoms with Crippen molar-refractivity contribution in [3.63, 3.8) is 0 Å². The molecule has 0 aliphatic rings. The molecule has 0 aliphatic carbocycles. The van der Waals surface area contributed by atoms with Crippen LogP contribution in [0.25, 0.3) is 0 Å². The van der Waals surface area contributed by atoms with Crippen molar-refractivity contribution < 1.29 is 14.3 Å². The van der Waals surface area contributed by atoms with Crippen molar-refractivity contribution in [2.45, 2.75) is 11.7 Å². The molecule has 0 saturated carbocycles. The quantitative estimate of drug-likeness (QED) is 0.616. The first-order valence-electron chi connectivity index (χ1n) is 8.66. The van der Waals surface area contributed by atoms with Crippen LogP contribution in [0.2, 0.25) is 0 Å². The van der Waals surface area contributed by atoms with Crippen LogP contribution in [0, 0.1) is 0 Å². The van der Waals surface area contributed by atoms with Crippen LogP contribution >= 0.6 is 11.8 Å². The minimum atomic E-state index is -0.390. The van der Waals surface area contributed by atoms with Gasteiger partial charge in [-0.05, 0) is 36.2 Å². The van der Waals surface area contributed by atoms with Crippen LogP contribution in [-0.4, -0.2) is 61.0 Å². The Balaban J connectivity index is 1.80. The van der Waals surface area contributed by atoms with Gasteiger partial charge in [-0.2, -0.15) is 0 Å². The number of aromatic nitrogens is 1. The molecule has 0 saturated heterocycles. The second-order valence-corrected chi connectivity index (χ2v) is 7.45. The molecule has 1 amide bonds. The number of benzene rings is 1. The highest BCUT2D eigenvalue weighted by Gasteiger charge is 2.16. The molecule has 1 unspecified atom stereocenters.